The first-order valence-electron chi connectivity index (χ1n) is 8.72. The molecule has 0 N–H and O–H groups in total. The van der Waals surface area contributed by atoms with Crippen molar-refractivity contribution in [2.24, 2.45) is 7.05 Å². The van der Waals surface area contributed by atoms with Crippen molar-refractivity contribution in [1.29, 1.82) is 0 Å². The zero-order chi connectivity index (χ0) is 19.3. The van der Waals surface area contributed by atoms with Crippen molar-refractivity contribution in [3.63, 3.8) is 0 Å². The lowest BCUT2D eigenvalue weighted by atomic mass is 10.1. The predicted octanol–water partition coefficient (Wildman–Crippen LogP) is 2.05. The minimum atomic E-state index is -0.378. The van der Waals surface area contributed by atoms with Gasteiger partial charge in [0.15, 0.2) is 11.2 Å². The van der Waals surface area contributed by atoms with Gasteiger partial charge in [0.25, 0.3) is 5.56 Å². The van der Waals surface area contributed by atoms with Crippen LogP contribution in [0.2, 0.25) is 0 Å². The third-order valence-corrected chi connectivity index (χ3v) is 5.21. The summed E-state index contributed by atoms with van der Waals surface area (Å²) in [5, 5.41) is 0. The van der Waals surface area contributed by atoms with Gasteiger partial charge in [-0.15, -0.1) is 11.6 Å². The van der Waals surface area contributed by atoms with E-state index in [1.54, 1.807) is 11.4 Å². The zero-order valence-electron chi connectivity index (χ0n) is 15.4. The number of imidazole rings is 2. The SMILES string of the molecule is Cc1ccccc1Cn1c(=O)c2c(nc3n(CCCl)c(C)cn23)n(C)c1=O. The first kappa shape index (κ1) is 17.6. The van der Waals surface area contributed by atoms with E-state index in [1.807, 2.05) is 48.9 Å². The number of fused-ring (bicyclic) bond motifs is 3. The van der Waals surface area contributed by atoms with Crippen LogP contribution in [0.15, 0.2) is 40.1 Å². The van der Waals surface area contributed by atoms with Gasteiger partial charge in [-0.25, -0.2) is 4.79 Å². The molecule has 7 nitrogen and oxygen atoms in total. The number of aryl methyl sites for hydroxylation is 4. The summed E-state index contributed by atoms with van der Waals surface area (Å²) in [6.45, 7) is 4.72. The van der Waals surface area contributed by atoms with Crippen molar-refractivity contribution in [1.82, 2.24) is 23.1 Å². The molecule has 3 aromatic heterocycles. The molecule has 0 aliphatic carbocycles. The quantitative estimate of drug-likeness (QED) is 0.505. The summed E-state index contributed by atoms with van der Waals surface area (Å²) in [5.74, 6) is 1.05. The Balaban J connectivity index is 2.03. The minimum absolute atomic E-state index is 0.225. The van der Waals surface area contributed by atoms with Crippen molar-refractivity contribution in [2.45, 2.75) is 26.9 Å². The van der Waals surface area contributed by atoms with Gasteiger partial charge in [0.05, 0.1) is 6.54 Å². The molecule has 0 radical (unpaired) electrons. The topological polar surface area (TPSA) is 66.2 Å². The Morgan fingerprint density at radius 1 is 1.11 bits per heavy atom. The molecule has 140 valence electrons. The number of rotatable bonds is 4. The van der Waals surface area contributed by atoms with Gasteiger partial charge in [-0.3, -0.25) is 18.3 Å². The Kier molecular flexibility index (Phi) is 4.19. The molecule has 8 heteroatoms. The highest BCUT2D eigenvalue weighted by Crippen LogP contribution is 2.16. The summed E-state index contributed by atoms with van der Waals surface area (Å²) in [5.41, 5.74) is 2.99. The Hall–Kier alpha value is -2.80. The maximum Gasteiger partial charge on any atom is 0.332 e. The highest BCUT2D eigenvalue weighted by Gasteiger charge is 2.20. The molecule has 4 rings (SSSR count). The fraction of sp³-hybridized carbons (Fsp3) is 0.316. The van der Waals surface area contributed by atoms with Crippen molar-refractivity contribution < 1.29 is 0 Å². The molecule has 0 saturated carbocycles. The first-order valence-corrected chi connectivity index (χ1v) is 9.25. The number of benzene rings is 1. The van der Waals surface area contributed by atoms with Crippen LogP contribution in [0.5, 0.6) is 0 Å². The molecule has 4 aromatic rings. The van der Waals surface area contributed by atoms with Crippen LogP contribution in [0, 0.1) is 13.8 Å². The van der Waals surface area contributed by atoms with E-state index in [9.17, 15) is 9.59 Å². The second kappa shape index (κ2) is 6.42. The van der Waals surface area contributed by atoms with E-state index in [-0.39, 0.29) is 17.8 Å². The summed E-state index contributed by atoms with van der Waals surface area (Å²) in [4.78, 5) is 30.6. The molecule has 27 heavy (non-hydrogen) atoms. The summed E-state index contributed by atoms with van der Waals surface area (Å²) in [6.07, 6.45) is 1.86. The number of hydrogen-bond donors (Lipinski definition) is 0. The molecule has 1 aromatic carbocycles. The summed E-state index contributed by atoms with van der Waals surface area (Å²) in [6, 6.07) is 7.74. The van der Waals surface area contributed by atoms with Crippen LogP contribution in [0.25, 0.3) is 16.9 Å². The number of nitrogens with zero attached hydrogens (tertiary/aromatic N) is 5. The van der Waals surface area contributed by atoms with Crippen LogP contribution >= 0.6 is 11.6 Å². The third kappa shape index (κ3) is 2.61. The lowest BCUT2D eigenvalue weighted by molar-refractivity contribution is 0.654. The maximum absolute atomic E-state index is 13.2. The molecule has 0 bridgehead atoms. The van der Waals surface area contributed by atoms with Gasteiger partial charge in [-0.1, -0.05) is 24.3 Å². The average Bonchev–Trinajstić information content (AvgIpc) is 3.15. The van der Waals surface area contributed by atoms with Gasteiger partial charge in [0, 0.05) is 31.4 Å². The van der Waals surface area contributed by atoms with Crippen molar-refractivity contribution >= 4 is 28.5 Å². The Morgan fingerprint density at radius 2 is 1.85 bits per heavy atom. The molecule has 0 atom stereocenters. The third-order valence-electron chi connectivity index (χ3n) is 5.04. The van der Waals surface area contributed by atoms with Crippen molar-refractivity contribution in [2.75, 3.05) is 5.88 Å². The smallest absolute Gasteiger partial charge is 0.313 e. The molecule has 0 fully saturated rings. The number of hydrogen-bond acceptors (Lipinski definition) is 3. The highest BCUT2D eigenvalue weighted by molar-refractivity contribution is 6.17. The lowest BCUT2D eigenvalue weighted by Crippen LogP contribution is -2.39. The standard InChI is InChI=1S/C19H20ClN5O2/c1-12-6-4-5-7-14(12)11-25-17(26)15-16(22(3)19(25)27)21-18-23(9-8-20)13(2)10-24(15)18/h4-7,10H,8-9,11H2,1-3H3. The van der Waals surface area contributed by atoms with Crippen LogP contribution in [0.1, 0.15) is 16.8 Å². The van der Waals surface area contributed by atoms with E-state index in [0.29, 0.717) is 29.4 Å². The summed E-state index contributed by atoms with van der Waals surface area (Å²) < 4.78 is 6.41. The molecule has 0 unspecified atom stereocenters. The van der Waals surface area contributed by atoms with Gasteiger partial charge in [0.1, 0.15) is 0 Å². The largest absolute Gasteiger partial charge is 0.332 e. The second-order valence-electron chi connectivity index (χ2n) is 6.72. The highest BCUT2D eigenvalue weighted by atomic mass is 35.5. The average molecular weight is 386 g/mol. The van der Waals surface area contributed by atoms with Crippen LogP contribution in [-0.4, -0.2) is 29.0 Å². The van der Waals surface area contributed by atoms with Crippen LogP contribution in [-0.2, 0) is 20.1 Å². The van der Waals surface area contributed by atoms with Crippen LogP contribution in [0.3, 0.4) is 0 Å². The Morgan fingerprint density at radius 3 is 2.56 bits per heavy atom. The van der Waals surface area contributed by atoms with Gasteiger partial charge >= 0.3 is 5.69 Å². The number of halogens is 1. The van der Waals surface area contributed by atoms with Crippen LogP contribution in [0.4, 0.5) is 0 Å². The molecule has 0 aliphatic rings. The number of alkyl halides is 1. The molecule has 0 amide bonds. The van der Waals surface area contributed by atoms with Crippen molar-refractivity contribution in [3.8, 4) is 0 Å². The maximum atomic E-state index is 13.2. The summed E-state index contributed by atoms with van der Waals surface area (Å²) in [7, 11) is 1.64. The van der Waals surface area contributed by atoms with Gasteiger partial charge in [-0.05, 0) is 25.0 Å². The van der Waals surface area contributed by atoms with E-state index in [0.717, 1.165) is 16.8 Å². The molecule has 0 aliphatic heterocycles. The fourth-order valence-corrected chi connectivity index (χ4v) is 3.68. The lowest BCUT2D eigenvalue weighted by Gasteiger charge is -2.10. The van der Waals surface area contributed by atoms with E-state index < -0.39 is 0 Å². The second-order valence-corrected chi connectivity index (χ2v) is 7.10. The van der Waals surface area contributed by atoms with E-state index in [2.05, 4.69) is 4.98 Å². The van der Waals surface area contributed by atoms with E-state index >= 15 is 0 Å². The van der Waals surface area contributed by atoms with Crippen molar-refractivity contribution in [3.05, 3.63) is 68.1 Å². The minimum Gasteiger partial charge on any atom is -0.313 e. The fourth-order valence-electron chi connectivity index (χ4n) is 3.51. The van der Waals surface area contributed by atoms with Gasteiger partial charge in [-0.2, -0.15) is 4.98 Å². The molecule has 0 saturated heterocycles. The summed E-state index contributed by atoms with van der Waals surface area (Å²) >= 11 is 5.90. The van der Waals surface area contributed by atoms with E-state index in [4.69, 9.17) is 11.6 Å². The van der Waals surface area contributed by atoms with Gasteiger partial charge in [0.2, 0.25) is 5.78 Å². The molecule has 3 heterocycles. The normalized spacial score (nSPS) is 11.7. The zero-order valence-corrected chi connectivity index (χ0v) is 16.2. The predicted molar refractivity (Wildman–Crippen MR) is 106 cm³/mol. The molecular formula is C19H20ClN5O2. The van der Waals surface area contributed by atoms with Crippen LogP contribution < -0.4 is 11.2 Å². The number of aromatic nitrogens is 5. The molecular weight excluding hydrogens is 366 g/mol. The Labute approximate surface area is 160 Å². The first-order chi connectivity index (χ1) is 12.9. The van der Waals surface area contributed by atoms with E-state index in [1.165, 1.54) is 9.13 Å². The Bertz CT molecular complexity index is 1290. The molecule has 0 spiro atoms. The monoisotopic (exact) mass is 385 g/mol. The van der Waals surface area contributed by atoms with Gasteiger partial charge < -0.3 is 4.57 Å².